The van der Waals surface area contributed by atoms with Crippen molar-refractivity contribution >= 4 is 11.8 Å². The van der Waals surface area contributed by atoms with Crippen molar-refractivity contribution in [3.05, 3.63) is 23.8 Å². The Morgan fingerprint density at radius 2 is 2.32 bits per heavy atom. The number of carbonyl (C=O) groups is 1. The van der Waals surface area contributed by atoms with Crippen LogP contribution in [0.1, 0.15) is 12.0 Å². The summed E-state index contributed by atoms with van der Waals surface area (Å²) in [5, 5.41) is 14.0. The fourth-order valence-electron chi connectivity index (χ4n) is 2.94. The van der Waals surface area contributed by atoms with Crippen molar-refractivity contribution in [2.75, 3.05) is 25.7 Å². The van der Waals surface area contributed by atoms with E-state index in [1.165, 1.54) is 12.0 Å². The Hall–Kier alpha value is -1.79. The van der Waals surface area contributed by atoms with Crippen LogP contribution in [-0.2, 0) is 10.3 Å². The van der Waals surface area contributed by atoms with Crippen molar-refractivity contribution in [1.29, 1.82) is 0 Å². The van der Waals surface area contributed by atoms with Gasteiger partial charge in [-0.1, -0.05) is 6.07 Å². The quantitative estimate of drug-likeness (QED) is 0.784. The molecular formula is C13H16N2O4. The third kappa shape index (κ3) is 1.53. The second-order valence-electron chi connectivity index (χ2n) is 4.75. The zero-order valence-corrected chi connectivity index (χ0v) is 10.8. The predicted molar refractivity (Wildman–Crippen MR) is 68.2 cm³/mol. The van der Waals surface area contributed by atoms with Gasteiger partial charge in [0.2, 0.25) is 0 Å². The van der Waals surface area contributed by atoms with Crippen LogP contribution < -0.4 is 15.0 Å². The first-order chi connectivity index (χ1) is 9.11. The molecule has 1 fully saturated rings. The fourth-order valence-corrected chi connectivity index (χ4v) is 2.94. The van der Waals surface area contributed by atoms with Crippen LogP contribution >= 0.6 is 0 Å². The van der Waals surface area contributed by atoms with E-state index in [1.807, 2.05) is 0 Å². The maximum Gasteiger partial charge on any atom is 0.415 e. The third-order valence-corrected chi connectivity index (χ3v) is 3.86. The minimum Gasteiger partial charge on any atom is -0.497 e. The number of rotatable bonds is 1. The molecule has 1 saturated heterocycles. The van der Waals surface area contributed by atoms with Crippen molar-refractivity contribution in [2.24, 2.45) is 0 Å². The van der Waals surface area contributed by atoms with Gasteiger partial charge >= 0.3 is 6.09 Å². The first-order valence-corrected chi connectivity index (χ1v) is 6.13. The molecule has 0 spiro atoms. The molecule has 0 aliphatic carbocycles. The summed E-state index contributed by atoms with van der Waals surface area (Å²) in [5.41, 5.74) is 0.301. The van der Waals surface area contributed by atoms with E-state index in [1.54, 1.807) is 25.3 Å². The Morgan fingerprint density at radius 3 is 3.00 bits per heavy atom. The SMILES string of the molecule is COC(=O)N1c2cc(OC)ccc2[C@]2(O)CCNC12. The van der Waals surface area contributed by atoms with Crippen LogP contribution in [0.25, 0.3) is 0 Å². The van der Waals surface area contributed by atoms with E-state index >= 15 is 0 Å². The summed E-state index contributed by atoms with van der Waals surface area (Å²) >= 11 is 0. The first-order valence-electron chi connectivity index (χ1n) is 6.13. The zero-order valence-electron chi connectivity index (χ0n) is 10.8. The Balaban J connectivity index is 2.15. The number of anilines is 1. The lowest BCUT2D eigenvalue weighted by atomic mass is 9.93. The number of aliphatic hydroxyl groups is 1. The van der Waals surface area contributed by atoms with E-state index in [0.717, 1.165) is 5.56 Å². The minimum atomic E-state index is -1.06. The average Bonchev–Trinajstić information content (AvgIpc) is 2.91. The van der Waals surface area contributed by atoms with Gasteiger partial charge in [0, 0.05) is 18.2 Å². The number of amides is 1. The Bertz CT molecular complexity index is 533. The maximum atomic E-state index is 12.0. The van der Waals surface area contributed by atoms with Gasteiger partial charge in [-0.05, 0) is 12.5 Å². The Kier molecular flexibility index (Phi) is 2.65. The molecular weight excluding hydrogens is 248 g/mol. The van der Waals surface area contributed by atoms with Gasteiger partial charge in [-0.15, -0.1) is 0 Å². The molecule has 19 heavy (non-hydrogen) atoms. The van der Waals surface area contributed by atoms with Gasteiger partial charge in [-0.25, -0.2) is 4.79 Å². The van der Waals surface area contributed by atoms with Crippen molar-refractivity contribution in [3.63, 3.8) is 0 Å². The third-order valence-electron chi connectivity index (χ3n) is 3.86. The molecule has 102 valence electrons. The number of methoxy groups -OCH3 is 2. The van der Waals surface area contributed by atoms with E-state index in [2.05, 4.69) is 5.32 Å². The highest BCUT2D eigenvalue weighted by Gasteiger charge is 2.55. The second-order valence-corrected chi connectivity index (χ2v) is 4.75. The molecule has 0 saturated carbocycles. The Labute approximate surface area is 110 Å². The Morgan fingerprint density at radius 1 is 1.53 bits per heavy atom. The van der Waals surface area contributed by atoms with Crippen molar-refractivity contribution in [1.82, 2.24) is 5.32 Å². The van der Waals surface area contributed by atoms with Gasteiger partial charge in [0.1, 0.15) is 17.5 Å². The lowest BCUT2D eigenvalue weighted by Gasteiger charge is -2.27. The highest BCUT2D eigenvalue weighted by atomic mass is 16.5. The zero-order chi connectivity index (χ0) is 13.6. The number of nitrogens with zero attached hydrogens (tertiary/aromatic N) is 1. The molecule has 1 unspecified atom stereocenters. The van der Waals surface area contributed by atoms with Crippen molar-refractivity contribution in [2.45, 2.75) is 18.2 Å². The summed E-state index contributed by atoms with van der Waals surface area (Å²) in [6.45, 7) is 0.653. The largest absolute Gasteiger partial charge is 0.497 e. The minimum absolute atomic E-state index is 0.484. The standard InChI is InChI=1S/C13H16N2O4/c1-18-8-3-4-9-10(7-8)15(12(16)19-2)11-13(9,17)5-6-14-11/h3-4,7,11,14,17H,5-6H2,1-2H3/t11?,13-/m1/s1. The van der Waals surface area contributed by atoms with Gasteiger partial charge in [-0.2, -0.15) is 0 Å². The van der Waals surface area contributed by atoms with Crippen LogP contribution in [0, 0.1) is 0 Å². The lowest BCUT2D eigenvalue weighted by Crippen LogP contribution is -2.50. The highest BCUT2D eigenvalue weighted by Crippen LogP contribution is 2.48. The number of nitrogens with one attached hydrogen (secondary N) is 1. The summed E-state index contributed by atoms with van der Waals surface area (Å²) in [6, 6.07) is 5.33. The molecule has 2 aliphatic heterocycles. The topological polar surface area (TPSA) is 71.0 Å². The number of hydrogen-bond acceptors (Lipinski definition) is 5. The summed E-state index contributed by atoms with van der Waals surface area (Å²) in [6.07, 6.45) is -0.420. The summed E-state index contributed by atoms with van der Waals surface area (Å²) in [4.78, 5) is 13.4. The van der Waals surface area contributed by atoms with Gasteiger partial charge in [0.25, 0.3) is 0 Å². The van der Waals surface area contributed by atoms with Crippen LogP contribution in [0.15, 0.2) is 18.2 Å². The average molecular weight is 264 g/mol. The van der Waals surface area contributed by atoms with Crippen LogP contribution in [0.5, 0.6) is 5.75 Å². The summed E-state index contributed by atoms with van der Waals surface area (Å²) < 4.78 is 9.99. The van der Waals surface area contributed by atoms with Crippen LogP contribution in [-0.4, -0.2) is 38.1 Å². The van der Waals surface area contributed by atoms with Gasteiger partial charge in [0.05, 0.1) is 19.9 Å². The number of ether oxygens (including phenoxy) is 2. The molecule has 0 aromatic heterocycles. The molecule has 3 rings (SSSR count). The molecule has 6 nitrogen and oxygen atoms in total. The van der Waals surface area contributed by atoms with Crippen molar-refractivity contribution in [3.8, 4) is 5.75 Å². The first kappa shape index (κ1) is 12.3. The lowest BCUT2D eigenvalue weighted by molar-refractivity contribution is 0.0334. The normalized spacial score (nSPS) is 27.9. The second kappa shape index (κ2) is 4.11. The fraction of sp³-hybridized carbons (Fsp3) is 0.462. The van der Waals surface area contributed by atoms with E-state index in [9.17, 15) is 9.90 Å². The molecule has 0 radical (unpaired) electrons. The van der Waals surface area contributed by atoms with Gasteiger partial charge in [-0.3, -0.25) is 10.2 Å². The van der Waals surface area contributed by atoms with Crippen LogP contribution in [0.2, 0.25) is 0 Å². The molecule has 0 bridgehead atoms. The maximum absolute atomic E-state index is 12.0. The van der Waals surface area contributed by atoms with Gasteiger partial charge < -0.3 is 14.6 Å². The predicted octanol–water partition coefficient (Wildman–Crippen LogP) is 0.789. The van der Waals surface area contributed by atoms with E-state index in [0.29, 0.717) is 24.4 Å². The van der Waals surface area contributed by atoms with E-state index in [4.69, 9.17) is 9.47 Å². The highest BCUT2D eigenvalue weighted by molar-refractivity contribution is 5.92. The van der Waals surface area contributed by atoms with Crippen LogP contribution in [0.3, 0.4) is 0 Å². The molecule has 1 amide bonds. The number of carbonyl (C=O) groups excluding carboxylic acids is 1. The van der Waals surface area contributed by atoms with E-state index < -0.39 is 17.9 Å². The molecule has 1 aromatic rings. The molecule has 2 aliphatic rings. The molecule has 2 heterocycles. The molecule has 2 N–H and O–H groups in total. The smallest absolute Gasteiger partial charge is 0.415 e. The van der Waals surface area contributed by atoms with E-state index in [-0.39, 0.29) is 0 Å². The summed E-state index contributed by atoms with van der Waals surface area (Å²) in [7, 11) is 2.89. The van der Waals surface area contributed by atoms with Crippen molar-refractivity contribution < 1.29 is 19.4 Å². The molecule has 1 aromatic carbocycles. The number of benzene rings is 1. The molecule has 6 heteroatoms. The number of fused-ring (bicyclic) bond motifs is 3. The van der Waals surface area contributed by atoms with Crippen LogP contribution in [0.4, 0.5) is 10.5 Å². The summed E-state index contributed by atoms with van der Waals surface area (Å²) in [5.74, 6) is 0.635. The van der Waals surface area contributed by atoms with Gasteiger partial charge in [0.15, 0.2) is 0 Å². The molecule has 2 atom stereocenters. The number of hydrogen-bond donors (Lipinski definition) is 2. The monoisotopic (exact) mass is 264 g/mol.